The van der Waals surface area contributed by atoms with Crippen LogP contribution in [0.1, 0.15) is 10.4 Å². The van der Waals surface area contributed by atoms with E-state index in [4.69, 9.17) is 4.74 Å². The summed E-state index contributed by atoms with van der Waals surface area (Å²) < 4.78 is 18.4. The lowest BCUT2D eigenvalue weighted by molar-refractivity contribution is 0.104. The number of nitrogens with zero attached hydrogens (tertiary/aromatic N) is 1. The Kier molecular flexibility index (Phi) is 4.72. The maximum Gasteiger partial charge on any atom is 0.187 e. The molecule has 0 N–H and O–H groups in total. The van der Waals surface area contributed by atoms with Crippen LogP contribution >= 0.6 is 0 Å². The highest BCUT2D eigenvalue weighted by Crippen LogP contribution is 2.22. The Balaban J connectivity index is 2.05. The van der Waals surface area contributed by atoms with Gasteiger partial charge in [0.05, 0.1) is 0 Å². The van der Waals surface area contributed by atoms with Gasteiger partial charge in [-0.25, -0.2) is 4.39 Å². The Hall–Kier alpha value is -2.62. The van der Waals surface area contributed by atoms with Gasteiger partial charge in [0.2, 0.25) is 0 Å². The van der Waals surface area contributed by atoms with Gasteiger partial charge in [0, 0.05) is 31.9 Å². The zero-order valence-corrected chi connectivity index (χ0v) is 11.9. The summed E-state index contributed by atoms with van der Waals surface area (Å²) in [6, 6.07) is 12.6. The average molecular weight is 285 g/mol. The van der Waals surface area contributed by atoms with Crippen molar-refractivity contribution in [1.29, 1.82) is 0 Å². The van der Waals surface area contributed by atoms with E-state index in [0.717, 1.165) is 0 Å². The summed E-state index contributed by atoms with van der Waals surface area (Å²) in [5.74, 6) is 0.755. The third-order valence-electron chi connectivity index (χ3n) is 2.71. The monoisotopic (exact) mass is 285 g/mol. The maximum absolute atomic E-state index is 12.8. The number of carbonyl (C=O) groups is 1. The highest BCUT2D eigenvalue weighted by molar-refractivity contribution is 6.04. The SMILES string of the molecule is CN(C)C=CC(=O)c1ccc(Oc2ccc(F)cc2)cc1. The molecule has 0 spiro atoms. The zero-order chi connectivity index (χ0) is 15.2. The van der Waals surface area contributed by atoms with Gasteiger partial charge in [-0.3, -0.25) is 4.79 Å². The van der Waals surface area contributed by atoms with Gasteiger partial charge in [-0.1, -0.05) is 0 Å². The number of benzene rings is 2. The minimum atomic E-state index is -0.309. The molecular formula is C17H16FNO2. The smallest absolute Gasteiger partial charge is 0.187 e. The number of halogens is 1. The highest BCUT2D eigenvalue weighted by atomic mass is 19.1. The van der Waals surface area contributed by atoms with Crippen molar-refractivity contribution in [3.8, 4) is 11.5 Å². The minimum absolute atomic E-state index is 0.0722. The van der Waals surface area contributed by atoms with Crippen LogP contribution in [0.3, 0.4) is 0 Å². The third kappa shape index (κ3) is 4.45. The average Bonchev–Trinajstić information content (AvgIpc) is 2.48. The molecule has 0 aliphatic rings. The predicted octanol–water partition coefficient (Wildman–Crippen LogP) is 3.88. The molecule has 0 aromatic heterocycles. The van der Waals surface area contributed by atoms with Crippen molar-refractivity contribution in [3.63, 3.8) is 0 Å². The van der Waals surface area contributed by atoms with Gasteiger partial charge >= 0.3 is 0 Å². The van der Waals surface area contributed by atoms with E-state index in [1.807, 2.05) is 14.1 Å². The van der Waals surface area contributed by atoms with E-state index in [0.29, 0.717) is 17.1 Å². The van der Waals surface area contributed by atoms with Crippen LogP contribution in [0.25, 0.3) is 0 Å². The van der Waals surface area contributed by atoms with Crippen LogP contribution in [0.5, 0.6) is 11.5 Å². The van der Waals surface area contributed by atoms with Gasteiger partial charge in [0.15, 0.2) is 5.78 Å². The lowest BCUT2D eigenvalue weighted by Gasteiger charge is -2.06. The van der Waals surface area contributed by atoms with Crippen LogP contribution in [0.4, 0.5) is 4.39 Å². The number of hydrogen-bond donors (Lipinski definition) is 0. The lowest BCUT2D eigenvalue weighted by Crippen LogP contribution is -2.03. The summed E-state index contributed by atoms with van der Waals surface area (Å²) in [6.07, 6.45) is 3.21. The molecule has 108 valence electrons. The van der Waals surface area contributed by atoms with Crippen molar-refractivity contribution in [1.82, 2.24) is 4.90 Å². The molecule has 2 rings (SSSR count). The quantitative estimate of drug-likeness (QED) is 0.617. The third-order valence-corrected chi connectivity index (χ3v) is 2.71. The van der Waals surface area contributed by atoms with E-state index < -0.39 is 0 Å². The standard InChI is InChI=1S/C17H16FNO2/c1-19(2)12-11-17(20)13-3-7-15(8-4-13)21-16-9-5-14(18)6-10-16/h3-12H,1-2H3. The van der Waals surface area contributed by atoms with Crippen molar-refractivity contribution in [2.75, 3.05) is 14.1 Å². The van der Waals surface area contributed by atoms with E-state index in [9.17, 15) is 9.18 Å². The first-order valence-electron chi connectivity index (χ1n) is 6.47. The van der Waals surface area contributed by atoms with Crippen LogP contribution in [-0.4, -0.2) is 24.8 Å². The van der Waals surface area contributed by atoms with Gasteiger partial charge in [0.25, 0.3) is 0 Å². The van der Waals surface area contributed by atoms with Crippen molar-refractivity contribution < 1.29 is 13.9 Å². The summed E-state index contributed by atoms with van der Waals surface area (Å²) in [5, 5.41) is 0. The van der Waals surface area contributed by atoms with Gasteiger partial charge in [-0.2, -0.15) is 0 Å². The van der Waals surface area contributed by atoms with Gasteiger partial charge < -0.3 is 9.64 Å². The summed E-state index contributed by atoms with van der Waals surface area (Å²) in [4.78, 5) is 13.7. The topological polar surface area (TPSA) is 29.5 Å². The maximum atomic E-state index is 12.8. The first kappa shape index (κ1) is 14.8. The second-order valence-corrected chi connectivity index (χ2v) is 4.72. The Morgan fingerprint density at radius 2 is 1.52 bits per heavy atom. The Labute approximate surface area is 123 Å². The van der Waals surface area contributed by atoms with E-state index in [-0.39, 0.29) is 11.6 Å². The molecule has 0 saturated heterocycles. The zero-order valence-electron chi connectivity index (χ0n) is 11.9. The number of ketones is 1. The summed E-state index contributed by atoms with van der Waals surface area (Å²) >= 11 is 0. The summed E-state index contributed by atoms with van der Waals surface area (Å²) in [6.45, 7) is 0. The normalized spacial score (nSPS) is 10.6. The molecule has 0 heterocycles. The Bertz CT molecular complexity index is 631. The molecule has 0 unspecified atom stereocenters. The highest BCUT2D eigenvalue weighted by Gasteiger charge is 2.03. The van der Waals surface area contributed by atoms with Crippen molar-refractivity contribution >= 4 is 5.78 Å². The first-order chi connectivity index (χ1) is 10.0. The lowest BCUT2D eigenvalue weighted by atomic mass is 10.1. The summed E-state index contributed by atoms with van der Waals surface area (Å²) in [5.41, 5.74) is 0.583. The molecule has 0 atom stereocenters. The molecule has 2 aromatic carbocycles. The molecule has 21 heavy (non-hydrogen) atoms. The number of allylic oxidation sites excluding steroid dienone is 1. The minimum Gasteiger partial charge on any atom is -0.457 e. The molecule has 3 nitrogen and oxygen atoms in total. The number of hydrogen-bond acceptors (Lipinski definition) is 3. The number of ether oxygens (including phenoxy) is 1. The second-order valence-electron chi connectivity index (χ2n) is 4.72. The van der Waals surface area contributed by atoms with Crippen molar-refractivity contribution in [2.45, 2.75) is 0 Å². The van der Waals surface area contributed by atoms with Gasteiger partial charge in [-0.05, 0) is 48.5 Å². The molecule has 0 aliphatic carbocycles. The van der Waals surface area contributed by atoms with Crippen molar-refractivity contribution in [3.05, 3.63) is 72.2 Å². The van der Waals surface area contributed by atoms with Crippen LogP contribution in [0.2, 0.25) is 0 Å². The molecule has 0 bridgehead atoms. The van der Waals surface area contributed by atoms with Gasteiger partial charge in [-0.15, -0.1) is 0 Å². The molecule has 4 heteroatoms. The molecule has 0 radical (unpaired) electrons. The number of rotatable bonds is 5. The van der Waals surface area contributed by atoms with E-state index in [1.54, 1.807) is 47.5 Å². The van der Waals surface area contributed by atoms with E-state index in [2.05, 4.69) is 0 Å². The fourth-order valence-electron chi connectivity index (χ4n) is 1.64. The van der Waals surface area contributed by atoms with Gasteiger partial charge in [0.1, 0.15) is 17.3 Å². The summed E-state index contributed by atoms with van der Waals surface area (Å²) in [7, 11) is 3.70. The Morgan fingerprint density at radius 1 is 1.00 bits per heavy atom. The largest absolute Gasteiger partial charge is 0.457 e. The van der Waals surface area contributed by atoms with Crippen LogP contribution in [0.15, 0.2) is 60.8 Å². The molecule has 0 saturated carbocycles. The Morgan fingerprint density at radius 3 is 2.05 bits per heavy atom. The van der Waals surface area contributed by atoms with E-state index >= 15 is 0 Å². The fraction of sp³-hybridized carbons (Fsp3) is 0.118. The molecule has 0 aliphatic heterocycles. The van der Waals surface area contributed by atoms with Crippen LogP contribution in [0, 0.1) is 5.82 Å². The first-order valence-corrected chi connectivity index (χ1v) is 6.47. The molecule has 2 aromatic rings. The predicted molar refractivity (Wildman–Crippen MR) is 80.1 cm³/mol. The number of carbonyl (C=O) groups excluding carboxylic acids is 1. The van der Waals surface area contributed by atoms with Crippen LogP contribution in [-0.2, 0) is 0 Å². The second kappa shape index (κ2) is 6.70. The van der Waals surface area contributed by atoms with E-state index in [1.165, 1.54) is 18.2 Å². The van der Waals surface area contributed by atoms with Crippen molar-refractivity contribution in [2.24, 2.45) is 0 Å². The van der Waals surface area contributed by atoms with Crippen LogP contribution < -0.4 is 4.74 Å². The fourth-order valence-corrected chi connectivity index (χ4v) is 1.64. The molecular weight excluding hydrogens is 269 g/mol. The molecule has 0 amide bonds. The molecule has 0 fully saturated rings.